The quantitative estimate of drug-likeness (QED) is 0.365. The van der Waals surface area contributed by atoms with E-state index >= 15 is 0 Å². The van der Waals surface area contributed by atoms with Crippen molar-refractivity contribution in [2.45, 2.75) is 11.7 Å². The standard InChI is InChI=1S/C25H22N6OS/c1-30(16-22-26-20-14-8-9-15-21(20)27-22)23(32)17-33-25-29-28-24(18-10-4-2-5-11-18)31(25)19-12-6-3-7-13-19/h2-15H,16-17H2,1H3,(H,26,27). The molecule has 0 atom stereocenters. The summed E-state index contributed by atoms with van der Waals surface area (Å²) in [4.78, 5) is 22.4. The van der Waals surface area contributed by atoms with Gasteiger partial charge >= 0.3 is 0 Å². The van der Waals surface area contributed by atoms with Crippen LogP contribution in [0.5, 0.6) is 0 Å². The largest absolute Gasteiger partial charge is 0.340 e. The second-order valence-electron chi connectivity index (χ2n) is 7.58. The molecule has 33 heavy (non-hydrogen) atoms. The Labute approximate surface area is 195 Å². The number of imidazole rings is 1. The van der Waals surface area contributed by atoms with Crippen LogP contribution >= 0.6 is 11.8 Å². The minimum atomic E-state index is -0.00988. The number of benzene rings is 3. The first-order valence-electron chi connectivity index (χ1n) is 10.6. The van der Waals surface area contributed by atoms with Crippen LogP contribution in [-0.2, 0) is 11.3 Å². The van der Waals surface area contributed by atoms with E-state index in [0.29, 0.717) is 11.7 Å². The predicted octanol–water partition coefficient (Wildman–Crippen LogP) is 4.56. The zero-order chi connectivity index (χ0) is 22.6. The van der Waals surface area contributed by atoms with Gasteiger partial charge in [-0.2, -0.15) is 0 Å². The van der Waals surface area contributed by atoms with Crippen LogP contribution in [-0.4, -0.2) is 48.3 Å². The number of thioether (sulfide) groups is 1. The molecular formula is C25H22N6OS. The third-order valence-electron chi connectivity index (χ3n) is 5.26. The Kier molecular flexibility index (Phi) is 5.91. The number of nitrogens with zero attached hydrogens (tertiary/aromatic N) is 5. The molecule has 5 rings (SSSR count). The van der Waals surface area contributed by atoms with E-state index in [1.54, 1.807) is 11.9 Å². The normalized spacial score (nSPS) is 11.1. The fourth-order valence-corrected chi connectivity index (χ4v) is 4.47. The Morgan fingerprint density at radius 3 is 2.39 bits per heavy atom. The van der Waals surface area contributed by atoms with Crippen molar-refractivity contribution in [3.63, 3.8) is 0 Å². The Hall–Kier alpha value is -3.91. The van der Waals surface area contributed by atoms with Crippen molar-refractivity contribution in [2.24, 2.45) is 0 Å². The molecule has 1 amide bonds. The Morgan fingerprint density at radius 2 is 1.64 bits per heavy atom. The molecule has 0 spiro atoms. The van der Waals surface area contributed by atoms with Crippen LogP contribution in [0.1, 0.15) is 5.82 Å². The van der Waals surface area contributed by atoms with Crippen LogP contribution < -0.4 is 0 Å². The minimum absolute atomic E-state index is 0.00988. The SMILES string of the molecule is CN(Cc1nc2ccccc2[nH]1)C(=O)CSc1nnc(-c2ccccc2)n1-c1ccccc1. The molecule has 3 aromatic carbocycles. The number of hydrogen-bond donors (Lipinski definition) is 1. The highest BCUT2D eigenvalue weighted by Gasteiger charge is 2.19. The summed E-state index contributed by atoms with van der Waals surface area (Å²) < 4.78 is 1.99. The Bertz CT molecular complexity index is 1350. The maximum Gasteiger partial charge on any atom is 0.233 e. The van der Waals surface area contributed by atoms with Crippen molar-refractivity contribution in [1.82, 2.24) is 29.6 Å². The summed E-state index contributed by atoms with van der Waals surface area (Å²) in [6, 6.07) is 27.7. The highest BCUT2D eigenvalue weighted by molar-refractivity contribution is 7.99. The molecule has 7 nitrogen and oxygen atoms in total. The highest BCUT2D eigenvalue weighted by atomic mass is 32.2. The van der Waals surface area contributed by atoms with E-state index in [4.69, 9.17) is 0 Å². The summed E-state index contributed by atoms with van der Waals surface area (Å²) in [5, 5.41) is 9.50. The zero-order valence-electron chi connectivity index (χ0n) is 18.0. The lowest BCUT2D eigenvalue weighted by Crippen LogP contribution is -2.28. The third kappa shape index (κ3) is 4.51. The maximum atomic E-state index is 12.9. The lowest BCUT2D eigenvalue weighted by molar-refractivity contribution is -0.127. The summed E-state index contributed by atoms with van der Waals surface area (Å²) in [6.07, 6.45) is 0. The van der Waals surface area contributed by atoms with E-state index < -0.39 is 0 Å². The zero-order valence-corrected chi connectivity index (χ0v) is 18.9. The van der Waals surface area contributed by atoms with Crippen molar-refractivity contribution < 1.29 is 4.79 Å². The molecule has 0 bridgehead atoms. The van der Waals surface area contributed by atoms with Crippen molar-refractivity contribution in [2.75, 3.05) is 12.8 Å². The second kappa shape index (κ2) is 9.30. The van der Waals surface area contributed by atoms with E-state index in [-0.39, 0.29) is 11.7 Å². The molecule has 0 saturated carbocycles. The molecule has 1 N–H and O–H groups in total. The highest BCUT2D eigenvalue weighted by Crippen LogP contribution is 2.28. The van der Waals surface area contributed by atoms with Gasteiger partial charge in [-0.1, -0.05) is 72.4 Å². The van der Waals surface area contributed by atoms with Gasteiger partial charge in [-0.15, -0.1) is 10.2 Å². The lowest BCUT2D eigenvalue weighted by Gasteiger charge is -2.15. The second-order valence-corrected chi connectivity index (χ2v) is 8.52. The number of aromatic amines is 1. The van der Waals surface area contributed by atoms with Gasteiger partial charge in [0.1, 0.15) is 5.82 Å². The molecule has 5 aromatic rings. The number of aromatic nitrogens is 5. The summed E-state index contributed by atoms with van der Waals surface area (Å²) in [6.45, 7) is 0.411. The molecule has 0 radical (unpaired) electrons. The molecule has 0 unspecified atom stereocenters. The number of hydrogen-bond acceptors (Lipinski definition) is 5. The van der Waals surface area contributed by atoms with Gasteiger partial charge < -0.3 is 9.88 Å². The van der Waals surface area contributed by atoms with Crippen LogP contribution in [0, 0.1) is 0 Å². The molecule has 0 aliphatic heterocycles. The lowest BCUT2D eigenvalue weighted by atomic mass is 10.2. The summed E-state index contributed by atoms with van der Waals surface area (Å²) in [5.41, 5.74) is 3.78. The van der Waals surface area contributed by atoms with Crippen molar-refractivity contribution in [3.05, 3.63) is 90.8 Å². The number of carbonyl (C=O) groups is 1. The Balaban J connectivity index is 1.33. The summed E-state index contributed by atoms with van der Waals surface area (Å²) >= 11 is 1.38. The average molecular weight is 455 g/mol. The smallest absolute Gasteiger partial charge is 0.233 e. The number of carbonyl (C=O) groups excluding carboxylic acids is 1. The van der Waals surface area contributed by atoms with Gasteiger partial charge in [0.05, 0.1) is 23.3 Å². The molecule has 0 aliphatic rings. The van der Waals surface area contributed by atoms with Crippen molar-refractivity contribution >= 4 is 28.7 Å². The number of H-pyrrole nitrogens is 1. The van der Waals surface area contributed by atoms with E-state index in [2.05, 4.69) is 20.2 Å². The van der Waals surface area contributed by atoms with E-state index in [1.165, 1.54) is 11.8 Å². The predicted molar refractivity (Wildman–Crippen MR) is 130 cm³/mol. The van der Waals surface area contributed by atoms with Gasteiger partial charge in [0.15, 0.2) is 11.0 Å². The maximum absolute atomic E-state index is 12.9. The summed E-state index contributed by atoms with van der Waals surface area (Å²) in [7, 11) is 1.79. The topological polar surface area (TPSA) is 79.7 Å². The van der Waals surface area contributed by atoms with Gasteiger partial charge in [0.25, 0.3) is 0 Å². The number of para-hydroxylation sites is 3. The fourth-order valence-electron chi connectivity index (χ4n) is 3.58. The first-order chi connectivity index (χ1) is 16.2. The molecule has 2 heterocycles. The number of amides is 1. The van der Waals surface area contributed by atoms with Gasteiger partial charge in [0.2, 0.25) is 5.91 Å². The van der Waals surface area contributed by atoms with E-state index in [0.717, 1.165) is 33.9 Å². The number of nitrogens with one attached hydrogen (secondary N) is 1. The number of rotatable bonds is 7. The molecular weight excluding hydrogens is 432 g/mol. The Morgan fingerprint density at radius 1 is 0.939 bits per heavy atom. The van der Waals surface area contributed by atoms with Crippen LogP contribution in [0.2, 0.25) is 0 Å². The monoisotopic (exact) mass is 454 g/mol. The molecule has 0 saturated heterocycles. The van der Waals surface area contributed by atoms with Gasteiger partial charge in [-0.3, -0.25) is 9.36 Å². The first kappa shape index (κ1) is 21.0. The average Bonchev–Trinajstić information content (AvgIpc) is 3.47. The van der Waals surface area contributed by atoms with E-state index in [1.807, 2.05) is 89.5 Å². The van der Waals surface area contributed by atoms with E-state index in [9.17, 15) is 4.79 Å². The molecule has 164 valence electrons. The summed E-state index contributed by atoms with van der Waals surface area (Å²) in [5.74, 6) is 1.74. The molecule has 0 aliphatic carbocycles. The van der Waals surface area contributed by atoms with Gasteiger partial charge in [-0.05, 0) is 24.3 Å². The van der Waals surface area contributed by atoms with Crippen LogP contribution in [0.4, 0.5) is 0 Å². The molecule has 2 aromatic heterocycles. The van der Waals surface area contributed by atoms with Gasteiger partial charge in [-0.25, -0.2) is 4.98 Å². The third-order valence-corrected chi connectivity index (χ3v) is 6.17. The van der Waals surface area contributed by atoms with Crippen LogP contribution in [0.3, 0.4) is 0 Å². The molecule has 0 fully saturated rings. The van der Waals surface area contributed by atoms with Crippen molar-refractivity contribution in [3.8, 4) is 17.1 Å². The molecule has 8 heteroatoms. The first-order valence-corrected chi connectivity index (χ1v) is 11.5. The fraction of sp³-hybridized carbons (Fsp3) is 0.120. The van der Waals surface area contributed by atoms with Crippen LogP contribution in [0.15, 0.2) is 90.1 Å². The minimum Gasteiger partial charge on any atom is -0.340 e. The van der Waals surface area contributed by atoms with Gasteiger partial charge in [0, 0.05) is 18.3 Å². The van der Waals surface area contributed by atoms with Crippen LogP contribution in [0.25, 0.3) is 28.1 Å². The van der Waals surface area contributed by atoms with Crippen molar-refractivity contribution in [1.29, 1.82) is 0 Å². The number of fused-ring (bicyclic) bond motifs is 1.